The fourth-order valence-electron chi connectivity index (χ4n) is 2.42. The summed E-state index contributed by atoms with van der Waals surface area (Å²) in [4.78, 5) is 3.86. The van der Waals surface area contributed by atoms with Crippen molar-refractivity contribution in [3.63, 3.8) is 0 Å². The van der Waals surface area contributed by atoms with Crippen molar-refractivity contribution >= 4 is 0 Å². The molecule has 0 amide bonds. The molecular weight excluding hydrogens is 277 g/mol. The molecule has 1 aromatic heterocycles. The smallest absolute Gasteiger partial charge is 0.308 e. The van der Waals surface area contributed by atoms with Crippen LogP contribution in [0.3, 0.4) is 0 Å². The van der Waals surface area contributed by atoms with Crippen LogP contribution in [0, 0.1) is 0 Å². The van der Waals surface area contributed by atoms with Crippen LogP contribution in [-0.4, -0.2) is 11.0 Å². The van der Waals surface area contributed by atoms with Crippen molar-refractivity contribution in [3.8, 4) is 0 Å². The van der Waals surface area contributed by atoms with Gasteiger partial charge < -0.3 is 5.32 Å². The van der Waals surface area contributed by atoms with E-state index >= 15 is 0 Å². The second-order valence-corrected chi connectivity index (χ2v) is 5.28. The number of alkyl halides is 3. The van der Waals surface area contributed by atoms with Gasteiger partial charge in [0.05, 0.1) is 11.3 Å². The number of nitrogens with zero attached hydrogens (tertiary/aromatic N) is 1. The van der Waals surface area contributed by atoms with Crippen molar-refractivity contribution in [1.82, 2.24) is 10.3 Å². The number of hydrogen-bond acceptors (Lipinski definition) is 2. The largest absolute Gasteiger partial charge is 0.417 e. The van der Waals surface area contributed by atoms with Gasteiger partial charge in [-0.2, -0.15) is 13.2 Å². The first-order valence-corrected chi connectivity index (χ1v) is 6.84. The molecule has 1 N–H and O–H groups in total. The quantitative estimate of drug-likeness (QED) is 0.928. The maximum atomic E-state index is 12.4. The number of benzene rings is 1. The molecule has 1 aliphatic carbocycles. The predicted molar refractivity (Wildman–Crippen MR) is 73.7 cm³/mol. The van der Waals surface area contributed by atoms with Crippen molar-refractivity contribution in [2.45, 2.75) is 31.1 Å². The summed E-state index contributed by atoms with van der Waals surface area (Å²) in [5.74, 6) is 0.501. The van der Waals surface area contributed by atoms with Crippen molar-refractivity contribution in [2.75, 3.05) is 0 Å². The van der Waals surface area contributed by atoms with E-state index in [9.17, 15) is 13.2 Å². The van der Waals surface area contributed by atoms with Crippen LogP contribution in [0.4, 0.5) is 13.2 Å². The van der Waals surface area contributed by atoms with E-state index in [2.05, 4.69) is 22.4 Å². The zero-order valence-corrected chi connectivity index (χ0v) is 11.3. The second-order valence-electron chi connectivity index (χ2n) is 5.28. The summed E-state index contributed by atoms with van der Waals surface area (Å²) in [6.07, 6.45) is -2.38. The Morgan fingerprint density at radius 3 is 2.48 bits per heavy atom. The molecule has 1 heterocycles. The molecule has 3 rings (SSSR count). The summed E-state index contributed by atoms with van der Waals surface area (Å²) in [5.41, 5.74) is 1.22. The minimum absolute atomic E-state index is 0.386. The van der Waals surface area contributed by atoms with Gasteiger partial charge in [-0.25, -0.2) is 0 Å². The summed E-state index contributed by atoms with van der Waals surface area (Å²) >= 11 is 0. The van der Waals surface area contributed by atoms with Gasteiger partial charge in [0.15, 0.2) is 0 Å². The lowest BCUT2D eigenvalue weighted by molar-refractivity contribution is -0.137. The first-order chi connectivity index (χ1) is 10.0. The van der Waals surface area contributed by atoms with Gasteiger partial charge in [0, 0.05) is 24.7 Å². The van der Waals surface area contributed by atoms with E-state index in [1.165, 1.54) is 11.6 Å². The highest BCUT2D eigenvalue weighted by molar-refractivity contribution is 5.27. The van der Waals surface area contributed by atoms with Gasteiger partial charge in [-0.05, 0) is 24.1 Å². The first-order valence-electron chi connectivity index (χ1n) is 6.84. The summed E-state index contributed by atoms with van der Waals surface area (Å²) in [7, 11) is 0. The molecule has 2 atom stereocenters. The second kappa shape index (κ2) is 5.48. The van der Waals surface area contributed by atoms with E-state index in [4.69, 9.17) is 0 Å². The minimum Gasteiger partial charge on any atom is -0.308 e. The standard InChI is InChI=1S/C16H15F3N2/c17-16(18,19)12-6-7-13(20-9-12)10-21-15-8-14(15)11-4-2-1-3-5-11/h1-7,9,14-15,21H,8,10H2/t14-,15+/m0/s1. The van der Waals surface area contributed by atoms with Crippen LogP contribution in [0.15, 0.2) is 48.7 Å². The molecule has 0 aliphatic heterocycles. The number of hydrogen-bond donors (Lipinski definition) is 1. The molecule has 5 heteroatoms. The average molecular weight is 292 g/mol. The van der Waals surface area contributed by atoms with E-state index in [1.807, 2.05) is 18.2 Å². The van der Waals surface area contributed by atoms with E-state index in [1.54, 1.807) is 0 Å². The number of rotatable bonds is 4. The maximum Gasteiger partial charge on any atom is 0.417 e. The molecule has 0 saturated heterocycles. The van der Waals surface area contributed by atoms with Crippen LogP contribution in [0.5, 0.6) is 0 Å². The third-order valence-electron chi connectivity index (χ3n) is 3.72. The minimum atomic E-state index is -4.33. The Morgan fingerprint density at radius 2 is 1.86 bits per heavy atom. The molecule has 0 unspecified atom stereocenters. The summed E-state index contributed by atoms with van der Waals surface area (Å²) in [6.45, 7) is 0.492. The van der Waals surface area contributed by atoms with Crippen molar-refractivity contribution in [1.29, 1.82) is 0 Å². The third kappa shape index (κ3) is 3.42. The van der Waals surface area contributed by atoms with E-state index < -0.39 is 11.7 Å². The molecule has 1 saturated carbocycles. The van der Waals surface area contributed by atoms with Crippen molar-refractivity contribution in [2.24, 2.45) is 0 Å². The van der Waals surface area contributed by atoms with Gasteiger partial charge in [-0.15, -0.1) is 0 Å². The van der Waals surface area contributed by atoms with Gasteiger partial charge in [0.1, 0.15) is 0 Å². The number of pyridine rings is 1. The fourth-order valence-corrected chi connectivity index (χ4v) is 2.42. The van der Waals surface area contributed by atoms with Gasteiger partial charge in [-0.1, -0.05) is 30.3 Å². The van der Waals surface area contributed by atoms with Crippen LogP contribution >= 0.6 is 0 Å². The van der Waals surface area contributed by atoms with E-state index in [0.29, 0.717) is 24.2 Å². The van der Waals surface area contributed by atoms with E-state index in [0.717, 1.165) is 18.7 Å². The Morgan fingerprint density at radius 1 is 1.10 bits per heavy atom. The molecule has 0 bridgehead atoms. The lowest BCUT2D eigenvalue weighted by Gasteiger charge is -2.07. The summed E-state index contributed by atoms with van der Waals surface area (Å²) in [6, 6.07) is 13.1. The Bertz CT molecular complexity index is 593. The Balaban J connectivity index is 1.53. The highest BCUT2D eigenvalue weighted by atomic mass is 19.4. The molecule has 1 aromatic carbocycles. The molecule has 110 valence electrons. The molecule has 2 nitrogen and oxygen atoms in total. The van der Waals surface area contributed by atoms with Crippen molar-refractivity contribution in [3.05, 3.63) is 65.5 Å². The third-order valence-corrected chi connectivity index (χ3v) is 3.72. The first kappa shape index (κ1) is 14.1. The fraction of sp³-hybridized carbons (Fsp3) is 0.312. The topological polar surface area (TPSA) is 24.9 Å². The number of aromatic nitrogens is 1. The SMILES string of the molecule is FC(F)(F)c1ccc(CN[C@@H]2C[C@H]2c2ccccc2)nc1. The van der Waals surface area contributed by atoms with Gasteiger partial charge >= 0.3 is 6.18 Å². The van der Waals surface area contributed by atoms with Crippen LogP contribution in [0.2, 0.25) is 0 Å². The Labute approximate surface area is 121 Å². The normalized spacial score (nSPS) is 21.3. The van der Waals surface area contributed by atoms with Crippen LogP contribution in [0.25, 0.3) is 0 Å². The van der Waals surface area contributed by atoms with Crippen molar-refractivity contribution < 1.29 is 13.2 Å². The molecular formula is C16H15F3N2. The molecule has 1 fully saturated rings. The van der Waals surface area contributed by atoms with Gasteiger partial charge in [0.2, 0.25) is 0 Å². The van der Waals surface area contributed by atoms with E-state index in [-0.39, 0.29) is 0 Å². The predicted octanol–water partition coefficient (Wildman–Crippen LogP) is 3.75. The molecule has 1 aliphatic rings. The van der Waals surface area contributed by atoms with Gasteiger partial charge in [0.25, 0.3) is 0 Å². The Kier molecular flexibility index (Phi) is 3.68. The van der Waals surface area contributed by atoms with Crippen LogP contribution in [-0.2, 0) is 12.7 Å². The lowest BCUT2D eigenvalue weighted by Crippen LogP contribution is -2.18. The highest BCUT2D eigenvalue weighted by Crippen LogP contribution is 2.40. The Hall–Kier alpha value is -1.88. The number of nitrogens with one attached hydrogen (secondary N) is 1. The molecule has 2 aromatic rings. The average Bonchev–Trinajstić information content (AvgIpc) is 3.25. The summed E-state index contributed by atoms with van der Waals surface area (Å²) in [5, 5.41) is 3.34. The van der Waals surface area contributed by atoms with Crippen LogP contribution < -0.4 is 5.32 Å². The number of halogens is 3. The highest BCUT2D eigenvalue weighted by Gasteiger charge is 2.37. The maximum absolute atomic E-state index is 12.4. The molecule has 21 heavy (non-hydrogen) atoms. The lowest BCUT2D eigenvalue weighted by atomic mass is 10.1. The molecule has 0 spiro atoms. The van der Waals surface area contributed by atoms with Crippen LogP contribution in [0.1, 0.15) is 29.2 Å². The van der Waals surface area contributed by atoms with Gasteiger partial charge in [-0.3, -0.25) is 4.98 Å². The molecule has 0 radical (unpaired) electrons. The summed E-state index contributed by atoms with van der Waals surface area (Å²) < 4.78 is 37.3. The monoisotopic (exact) mass is 292 g/mol. The zero-order chi connectivity index (χ0) is 14.9. The zero-order valence-electron chi connectivity index (χ0n) is 11.3.